The zero-order chi connectivity index (χ0) is 29.1. The van der Waals surface area contributed by atoms with Crippen molar-refractivity contribution in [3.63, 3.8) is 0 Å². The summed E-state index contributed by atoms with van der Waals surface area (Å²) < 4.78 is 0. The summed E-state index contributed by atoms with van der Waals surface area (Å²) in [5, 5.41) is 27.6. The lowest BCUT2D eigenvalue weighted by molar-refractivity contribution is -0.142. The van der Waals surface area contributed by atoms with E-state index >= 15 is 0 Å². The third-order valence-corrected chi connectivity index (χ3v) is 6.44. The number of carboxylic acid groups (broad SMARTS) is 1. The number of para-hydroxylation sites is 1. The molecule has 0 aliphatic rings. The summed E-state index contributed by atoms with van der Waals surface area (Å²) in [5.74, 6) is -3.36. The Hall–Kier alpha value is -4.27. The molecular formula is C26H36N8O6. The molecule has 0 bridgehead atoms. The molecular weight excluding hydrogens is 520 g/mol. The summed E-state index contributed by atoms with van der Waals surface area (Å²) in [6, 6.07) is 2.63. The largest absolute Gasteiger partial charge is 0.480 e. The highest BCUT2D eigenvalue weighted by Gasteiger charge is 2.31. The van der Waals surface area contributed by atoms with Gasteiger partial charge in [0, 0.05) is 41.8 Å². The highest BCUT2D eigenvalue weighted by atomic mass is 16.4. The van der Waals surface area contributed by atoms with Crippen LogP contribution in [-0.2, 0) is 32.0 Å². The highest BCUT2D eigenvalue weighted by Crippen LogP contribution is 2.19. The summed E-state index contributed by atoms with van der Waals surface area (Å²) in [4.78, 5) is 60.9. The van der Waals surface area contributed by atoms with Crippen LogP contribution in [-0.4, -0.2) is 86.2 Å². The van der Waals surface area contributed by atoms with Gasteiger partial charge >= 0.3 is 5.97 Å². The van der Waals surface area contributed by atoms with E-state index < -0.39 is 54.5 Å². The number of aromatic amines is 2. The van der Waals surface area contributed by atoms with Gasteiger partial charge in [0.2, 0.25) is 17.7 Å². The number of aromatic nitrogens is 3. The van der Waals surface area contributed by atoms with Gasteiger partial charge in [-0.3, -0.25) is 14.4 Å². The number of carboxylic acids is 1. The number of nitrogens with zero attached hydrogens (tertiary/aromatic N) is 1. The standard InChI is InChI=1S/C26H36N8O6/c27-8-4-3-7-20(32-23(36)18(28)13-35)24(37)33-21(10-16-12-29-14-31-16)25(38)34-22(26(39)40)9-15-11-30-19-6-2-1-5-17(15)19/h1-2,5-6,11-12,14,18,20-22,30,35H,3-4,7-10,13,27-28H2,(H,29,31)(H,32,36)(H,33,37)(H,34,38)(H,39,40). The van der Waals surface area contributed by atoms with Crippen molar-refractivity contribution in [1.82, 2.24) is 30.9 Å². The first kappa shape index (κ1) is 30.3. The zero-order valence-corrected chi connectivity index (χ0v) is 21.9. The Labute approximate surface area is 230 Å². The molecule has 0 fully saturated rings. The number of hydrogen-bond acceptors (Lipinski definition) is 8. The first-order chi connectivity index (χ1) is 19.2. The van der Waals surface area contributed by atoms with E-state index in [1.165, 1.54) is 12.5 Å². The molecule has 1 aromatic carbocycles. The second kappa shape index (κ2) is 14.8. The van der Waals surface area contributed by atoms with Gasteiger partial charge < -0.3 is 47.6 Å². The molecule has 0 saturated heterocycles. The van der Waals surface area contributed by atoms with Gasteiger partial charge in [0.25, 0.3) is 0 Å². The number of aliphatic hydroxyl groups excluding tert-OH is 1. The Balaban J connectivity index is 1.78. The monoisotopic (exact) mass is 556 g/mol. The van der Waals surface area contributed by atoms with E-state index in [4.69, 9.17) is 11.5 Å². The van der Waals surface area contributed by atoms with Crippen LogP contribution in [0.15, 0.2) is 43.0 Å². The van der Waals surface area contributed by atoms with Crippen molar-refractivity contribution < 1.29 is 29.4 Å². The molecule has 11 N–H and O–H groups in total. The summed E-state index contributed by atoms with van der Waals surface area (Å²) in [5.41, 5.74) is 13.2. The second-order valence-corrected chi connectivity index (χ2v) is 9.44. The molecule has 0 spiro atoms. The van der Waals surface area contributed by atoms with Gasteiger partial charge in [0.15, 0.2) is 0 Å². The van der Waals surface area contributed by atoms with Crippen molar-refractivity contribution >= 4 is 34.6 Å². The third-order valence-electron chi connectivity index (χ3n) is 6.44. The Morgan fingerprint density at radius 3 is 2.30 bits per heavy atom. The summed E-state index contributed by atoms with van der Waals surface area (Å²) in [6.45, 7) is -0.225. The molecule has 14 heteroatoms. The van der Waals surface area contributed by atoms with Crippen LogP contribution in [0.3, 0.4) is 0 Å². The van der Waals surface area contributed by atoms with Gasteiger partial charge in [-0.25, -0.2) is 9.78 Å². The number of hydrogen-bond donors (Lipinski definition) is 9. The first-order valence-electron chi connectivity index (χ1n) is 13.0. The lowest BCUT2D eigenvalue weighted by Crippen LogP contribution is -2.58. The number of H-pyrrole nitrogens is 2. The van der Waals surface area contributed by atoms with Crippen LogP contribution in [0.25, 0.3) is 10.9 Å². The molecule has 2 heterocycles. The lowest BCUT2D eigenvalue weighted by atomic mass is 10.0. The van der Waals surface area contributed by atoms with Crippen LogP contribution in [0, 0.1) is 0 Å². The number of nitrogens with one attached hydrogen (secondary N) is 5. The molecule has 3 aromatic rings. The Bertz CT molecular complexity index is 1280. The highest BCUT2D eigenvalue weighted by molar-refractivity contribution is 5.94. The number of amides is 3. The summed E-state index contributed by atoms with van der Waals surface area (Å²) >= 11 is 0. The SMILES string of the molecule is NCCCCC(NC(=O)C(N)CO)C(=O)NC(Cc1cnc[nH]1)C(=O)NC(Cc1c[nH]c2ccccc12)C(=O)O. The van der Waals surface area contributed by atoms with Gasteiger partial charge in [0.05, 0.1) is 12.9 Å². The Morgan fingerprint density at radius 1 is 0.925 bits per heavy atom. The molecule has 3 rings (SSSR count). The lowest BCUT2D eigenvalue weighted by Gasteiger charge is -2.25. The van der Waals surface area contributed by atoms with Crippen LogP contribution < -0.4 is 27.4 Å². The number of fused-ring (bicyclic) bond motifs is 1. The van der Waals surface area contributed by atoms with Crippen LogP contribution in [0.1, 0.15) is 30.5 Å². The minimum atomic E-state index is -1.28. The quantitative estimate of drug-likeness (QED) is 0.0947. The van der Waals surface area contributed by atoms with E-state index in [0.29, 0.717) is 30.6 Å². The van der Waals surface area contributed by atoms with E-state index in [0.717, 1.165) is 10.9 Å². The number of aliphatic carboxylic acids is 1. The maximum absolute atomic E-state index is 13.4. The maximum atomic E-state index is 13.4. The van der Waals surface area contributed by atoms with Gasteiger partial charge in [-0.15, -0.1) is 0 Å². The number of carbonyl (C=O) groups is 4. The minimum absolute atomic E-state index is 0.00658. The predicted molar refractivity (Wildman–Crippen MR) is 146 cm³/mol. The Kier molecular flexibility index (Phi) is 11.2. The fourth-order valence-electron chi connectivity index (χ4n) is 4.21. The molecule has 14 nitrogen and oxygen atoms in total. The summed E-state index contributed by atoms with van der Waals surface area (Å²) in [6.07, 6.45) is 5.89. The molecule has 4 atom stereocenters. The molecule has 216 valence electrons. The van der Waals surface area contributed by atoms with Crippen molar-refractivity contribution in [2.75, 3.05) is 13.2 Å². The fourth-order valence-corrected chi connectivity index (χ4v) is 4.21. The zero-order valence-electron chi connectivity index (χ0n) is 21.9. The summed E-state index contributed by atoms with van der Waals surface area (Å²) in [7, 11) is 0. The number of benzene rings is 1. The predicted octanol–water partition coefficient (Wildman–Crippen LogP) is -1.34. The molecule has 0 saturated carbocycles. The van der Waals surface area contributed by atoms with Gasteiger partial charge in [0.1, 0.15) is 24.2 Å². The maximum Gasteiger partial charge on any atom is 0.326 e. The number of aliphatic hydroxyl groups is 1. The molecule has 0 aliphatic heterocycles. The minimum Gasteiger partial charge on any atom is -0.480 e. The van der Waals surface area contributed by atoms with Gasteiger partial charge in [-0.1, -0.05) is 18.2 Å². The number of imidazole rings is 1. The fraction of sp³-hybridized carbons (Fsp3) is 0.423. The van der Waals surface area contributed by atoms with Crippen LogP contribution in [0.4, 0.5) is 0 Å². The van der Waals surface area contributed by atoms with E-state index in [2.05, 4.69) is 30.9 Å². The van der Waals surface area contributed by atoms with E-state index in [1.54, 1.807) is 6.20 Å². The van der Waals surface area contributed by atoms with Gasteiger partial charge in [-0.05, 0) is 37.4 Å². The number of unbranched alkanes of at least 4 members (excludes halogenated alkanes) is 1. The molecule has 0 radical (unpaired) electrons. The third kappa shape index (κ3) is 8.36. The van der Waals surface area contributed by atoms with Crippen molar-refractivity contribution in [3.8, 4) is 0 Å². The van der Waals surface area contributed by atoms with E-state index in [-0.39, 0.29) is 19.3 Å². The average Bonchev–Trinajstić information content (AvgIpc) is 3.61. The van der Waals surface area contributed by atoms with Crippen molar-refractivity contribution in [1.29, 1.82) is 0 Å². The smallest absolute Gasteiger partial charge is 0.326 e. The molecule has 2 aromatic heterocycles. The van der Waals surface area contributed by atoms with Crippen LogP contribution in [0.5, 0.6) is 0 Å². The van der Waals surface area contributed by atoms with Crippen molar-refractivity contribution in [3.05, 3.63) is 54.2 Å². The average molecular weight is 557 g/mol. The molecule has 40 heavy (non-hydrogen) atoms. The number of nitrogens with two attached hydrogens (primary N) is 2. The number of carbonyl (C=O) groups excluding carboxylic acids is 3. The molecule has 0 aliphatic carbocycles. The van der Waals surface area contributed by atoms with Gasteiger partial charge in [-0.2, -0.15) is 0 Å². The molecule has 4 unspecified atom stereocenters. The van der Waals surface area contributed by atoms with Crippen molar-refractivity contribution in [2.24, 2.45) is 11.5 Å². The van der Waals surface area contributed by atoms with Crippen LogP contribution >= 0.6 is 0 Å². The van der Waals surface area contributed by atoms with E-state index in [1.807, 2.05) is 24.3 Å². The first-order valence-corrected chi connectivity index (χ1v) is 13.0. The van der Waals surface area contributed by atoms with Crippen LogP contribution in [0.2, 0.25) is 0 Å². The van der Waals surface area contributed by atoms with E-state index in [9.17, 15) is 29.4 Å². The normalized spacial score (nSPS) is 14.2. The number of rotatable bonds is 16. The topological polar surface area (TPSA) is 241 Å². The Morgan fingerprint density at radius 2 is 1.62 bits per heavy atom. The molecule has 3 amide bonds. The van der Waals surface area contributed by atoms with Crippen molar-refractivity contribution in [2.45, 2.75) is 56.3 Å². The second-order valence-electron chi connectivity index (χ2n) is 9.44.